The molecule has 0 saturated carbocycles. The van der Waals surface area contributed by atoms with Crippen molar-refractivity contribution in [3.63, 3.8) is 0 Å². The predicted molar refractivity (Wildman–Crippen MR) is 155 cm³/mol. The van der Waals surface area contributed by atoms with Gasteiger partial charge in [0.15, 0.2) is 0 Å². The van der Waals surface area contributed by atoms with E-state index in [4.69, 9.17) is 4.43 Å². The molecular weight excluding hydrogens is 445 g/mol. The van der Waals surface area contributed by atoms with Gasteiger partial charge in [-0.05, 0) is 32.5 Å². The van der Waals surface area contributed by atoms with E-state index >= 15 is 0 Å². The second kappa shape index (κ2) is 6.84. The van der Waals surface area contributed by atoms with Crippen molar-refractivity contribution < 1.29 is 4.43 Å². The van der Waals surface area contributed by atoms with Crippen LogP contribution >= 0.6 is 0 Å². The van der Waals surface area contributed by atoms with Crippen LogP contribution in [0.1, 0.15) is 125 Å². The molecule has 1 radical (unpaired) electrons. The maximum atomic E-state index is 6.95. The topological polar surface area (TPSA) is 9.23 Å². The average molecular weight is 502 g/mol. The Labute approximate surface area is 216 Å². The van der Waals surface area contributed by atoms with Crippen molar-refractivity contribution in [3.8, 4) is 0 Å². The Bertz CT molecular complexity index is 876. The van der Waals surface area contributed by atoms with Crippen molar-refractivity contribution in [1.82, 2.24) is 0 Å². The van der Waals surface area contributed by atoms with Gasteiger partial charge >= 0.3 is 0 Å². The summed E-state index contributed by atoms with van der Waals surface area (Å²) in [5.41, 5.74) is 4.56. The van der Waals surface area contributed by atoms with Crippen molar-refractivity contribution in [3.05, 3.63) is 21.5 Å². The summed E-state index contributed by atoms with van der Waals surface area (Å²) in [5, 5.41) is 3.78. The smallest absolute Gasteiger partial charge is 0.229 e. The van der Waals surface area contributed by atoms with Gasteiger partial charge in [0.05, 0.1) is 0 Å². The highest BCUT2D eigenvalue weighted by atomic mass is 28.4. The molecule has 0 aliphatic carbocycles. The van der Waals surface area contributed by atoms with Gasteiger partial charge in [-0.25, -0.2) is 0 Å². The summed E-state index contributed by atoms with van der Waals surface area (Å²) in [6.45, 7) is 45.3. The number of hydrogen-bond donors (Lipinski definition) is 0. The molecule has 0 N–H and O–H groups in total. The first kappa shape index (κ1) is 28.4. The standard InChI is InChI=1S/C31H57OSi2/c1-24(2,3)20-22(26(7,8)9)34-23(27(10,11)12)21(25(4,5)6)31(34,29(16,17)18)33(32-19)30(20,34)28(13,14)15/h1-19H3/t30-,31-,34?/m0/s1. The van der Waals surface area contributed by atoms with Gasteiger partial charge < -0.3 is 4.43 Å². The largest absolute Gasteiger partial charge is 0.418 e. The quantitative estimate of drug-likeness (QED) is 0.325. The van der Waals surface area contributed by atoms with E-state index in [0.717, 1.165) is 0 Å². The Kier molecular flexibility index (Phi) is 5.72. The summed E-state index contributed by atoms with van der Waals surface area (Å²) in [5.74, 6) is 0. The molecule has 0 aromatic heterocycles. The Morgan fingerprint density at radius 1 is 0.500 bits per heavy atom. The maximum absolute atomic E-state index is 6.95. The van der Waals surface area contributed by atoms with Crippen LogP contribution in [0.2, 0.25) is 9.32 Å². The van der Waals surface area contributed by atoms with Crippen molar-refractivity contribution in [2.45, 2.75) is 134 Å². The highest BCUT2D eigenvalue weighted by molar-refractivity contribution is 7.25. The molecule has 0 unspecified atom stereocenters. The third-order valence-corrected chi connectivity index (χ3v) is 24.4. The zero-order chi connectivity index (χ0) is 27.1. The number of hydrogen-bond acceptors (Lipinski definition) is 1. The molecule has 1 spiro atoms. The van der Waals surface area contributed by atoms with Crippen molar-refractivity contribution in [1.29, 1.82) is 0 Å². The van der Waals surface area contributed by atoms with E-state index in [-0.39, 0.29) is 41.8 Å². The molecule has 0 aromatic rings. The highest BCUT2D eigenvalue weighted by Crippen LogP contribution is 3.00. The Morgan fingerprint density at radius 2 is 0.765 bits per heavy atom. The lowest BCUT2D eigenvalue weighted by Gasteiger charge is -2.94. The highest BCUT2D eigenvalue weighted by Gasteiger charge is 3.00. The second-order valence-electron chi connectivity index (χ2n) is 17.8. The molecule has 1 saturated heterocycles. The van der Waals surface area contributed by atoms with Gasteiger partial charge in [0.25, 0.3) is 0 Å². The fourth-order valence-corrected chi connectivity index (χ4v) is 30.1. The van der Waals surface area contributed by atoms with Crippen LogP contribution < -0.4 is 0 Å². The van der Waals surface area contributed by atoms with Crippen molar-refractivity contribution in [2.75, 3.05) is 7.11 Å². The molecule has 3 rings (SSSR count). The Hall–Kier alpha value is -0.126. The van der Waals surface area contributed by atoms with Crippen LogP contribution in [-0.2, 0) is 4.43 Å². The monoisotopic (exact) mass is 501 g/mol. The van der Waals surface area contributed by atoms with E-state index in [1.165, 1.54) is 0 Å². The third-order valence-electron chi connectivity index (χ3n) is 9.26. The molecule has 3 aliphatic rings. The predicted octanol–water partition coefficient (Wildman–Crippen LogP) is 9.62. The van der Waals surface area contributed by atoms with Crippen LogP contribution in [0.4, 0.5) is 0 Å². The van der Waals surface area contributed by atoms with E-state index in [1.54, 1.807) is 11.1 Å². The van der Waals surface area contributed by atoms with Crippen LogP contribution in [0.15, 0.2) is 21.5 Å². The van der Waals surface area contributed by atoms with Gasteiger partial charge in [0, 0.05) is 16.4 Å². The summed E-state index contributed by atoms with van der Waals surface area (Å²) in [4.78, 5) is 0. The van der Waals surface area contributed by atoms with Gasteiger partial charge in [-0.3, -0.25) is 0 Å². The van der Waals surface area contributed by atoms with Gasteiger partial charge in [0.1, 0.15) is 8.07 Å². The van der Waals surface area contributed by atoms with Crippen LogP contribution in [0.3, 0.4) is 0 Å². The average Bonchev–Trinajstić information content (AvgIpc) is 2.43. The van der Waals surface area contributed by atoms with E-state index in [1.807, 2.05) is 10.4 Å². The molecular formula is C31H57OSi2. The van der Waals surface area contributed by atoms with Crippen LogP contribution in [0, 0.1) is 32.5 Å². The second-order valence-corrected chi connectivity index (χ2v) is 25.3. The first-order chi connectivity index (χ1) is 14.7. The molecule has 3 heteroatoms. The Balaban J connectivity index is 2.76. The molecule has 3 aliphatic heterocycles. The molecule has 195 valence electrons. The lowest BCUT2D eigenvalue weighted by molar-refractivity contribution is 0.153. The van der Waals surface area contributed by atoms with E-state index in [2.05, 4.69) is 132 Å². The first-order valence-electron chi connectivity index (χ1n) is 13.6. The summed E-state index contributed by atoms with van der Waals surface area (Å²) >= 11 is 0. The molecule has 0 aromatic carbocycles. The minimum atomic E-state index is -2.15. The fraction of sp³-hybridized carbons (Fsp3) is 0.871. The van der Waals surface area contributed by atoms with E-state index in [9.17, 15) is 0 Å². The van der Waals surface area contributed by atoms with Crippen LogP contribution in [0.25, 0.3) is 0 Å². The van der Waals surface area contributed by atoms with Crippen molar-refractivity contribution >= 4 is 17.1 Å². The zero-order valence-corrected chi connectivity index (χ0v) is 28.4. The summed E-state index contributed by atoms with van der Waals surface area (Å²) in [6.07, 6.45) is 0. The molecule has 1 fully saturated rings. The minimum absolute atomic E-state index is 0.146. The van der Waals surface area contributed by atoms with Gasteiger partial charge in [-0.15, -0.1) is 0 Å². The SMILES string of the molecule is CO[Si]1[C@@]2(C(C)(C)C)C(C(C)(C)C)=C(C(C)(C)C)[Si]23C(C(C)(C)C)=C(C(C)(C)C)[C@]13C(C)(C)C. The molecule has 2 atom stereocenters. The number of allylic oxidation sites excluding steroid dienone is 4. The van der Waals surface area contributed by atoms with E-state index in [0.29, 0.717) is 0 Å². The van der Waals surface area contributed by atoms with Crippen LogP contribution in [-0.4, -0.2) is 24.2 Å². The molecule has 0 bridgehead atoms. The Morgan fingerprint density at radius 3 is 0.912 bits per heavy atom. The zero-order valence-electron chi connectivity index (χ0n) is 26.4. The van der Waals surface area contributed by atoms with Crippen LogP contribution in [0.5, 0.6) is 0 Å². The maximum Gasteiger partial charge on any atom is 0.229 e. The normalized spacial score (nSPS) is 33.3. The summed E-state index contributed by atoms with van der Waals surface area (Å²) < 4.78 is 7.40. The molecule has 34 heavy (non-hydrogen) atoms. The lowest BCUT2D eigenvalue weighted by Crippen LogP contribution is -2.98. The first-order valence-corrected chi connectivity index (χ1v) is 17.0. The molecule has 0 amide bonds. The summed E-state index contributed by atoms with van der Waals surface area (Å²) in [7, 11) is -1.29. The van der Waals surface area contributed by atoms with Gasteiger partial charge in [0.2, 0.25) is 9.04 Å². The van der Waals surface area contributed by atoms with E-state index < -0.39 is 17.1 Å². The molecule has 3 heterocycles. The third kappa shape index (κ3) is 2.71. The minimum Gasteiger partial charge on any atom is -0.418 e. The molecule has 1 nitrogen and oxygen atoms in total. The fourth-order valence-electron chi connectivity index (χ4n) is 9.56. The van der Waals surface area contributed by atoms with Gasteiger partial charge in [-0.2, -0.15) is 0 Å². The van der Waals surface area contributed by atoms with Crippen molar-refractivity contribution in [2.24, 2.45) is 32.5 Å². The van der Waals surface area contributed by atoms with Gasteiger partial charge in [-0.1, -0.05) is 146 Å². The number of rotatable bonds is 1. The summed E-state index contributed by atoms with van der Waals surface area (Å²) in [6, 6.07) is 0. The lowest BCUT2D eigenvalue weighted by atomic mass is 9.68.